The van der Waals surface area contributed by atoms with Crippen molar-refractivity contribution >= 4 is 5.91 Å². The summed E-state index contributed by atoms with van der Waals surface area (Å²) in [7, 11) is 0. The van der Waals surface area contributed by atoms with E-state index in [0.717, 1.165) is 5.75 Å². The molecule has 0 aliphatic rings. The van der Waals surface area contributed by atoms with Crippen LogP contribution in [0.1, 0.15) is 36.7 Å². The van der Waals surface area contributed by atoms with Crippen LogP contribution >= 0.6 is 0 Å². The topological polar surface area (TPSA) is 47.6 Å². The first-order chi connectivity index (χ1) is 11.5. The highest BCUT2D eigenvalue weighted by molar-refractivity contribution is 5.97. The first kappa shape index (κ1) is 17.9. The van der Waals surface area contributed by atoms with Crippen LogP contribution in [0.15, 0.2) is 48.5 Å². The molecule has 2 rings (SSSR count). The summed E-state index contributed by atoms with van der Waals surface area (Å²) in [6, 6.07) is 15.0. The molecule has 4 nitrogen and oxygen atoms in total. The molecule has 0 aromatic heterocycles. The van der Waals surface area contributed by atoms with Crippen LogP contribution in [0.5, 0.6) is 11.5 Å². The van der Waals surface area contributed by atoms with Gasteiger partial charge < -0.3 is 14.8 Å². The molecule has 0 spiro atoms. The highest BCUT2D eigenvalue weighted by atomic mass is 16.5. The molecule has 0 radical (unpaired) electrons. The molecule has 128 valence electrons. The van der Waals surface area contributed by atoms with Crippen molar-refractivity contribution in [2.75, 3.05) is 6.61 Å². The third-order valence-corrected chi connectivity index (χ3v) is 3.39. The summed E-state index contributed by atoms with van der Waals surface area (Å²) in [5.74, 6) is 1.23. The standard InChI is InChI=1S/C20H25NO3/c1-14(2)24-19-8-6-5-7-18(19)20(22)21-16(4)13-23-17-11-9-15(3)10-12-17/h5-12,14,16H,13H2,1-4H3,(H,21,22)/t16-/m1/s1. The van der Waals surface area contributed by atoms with Gasteiger partial charge in [0, 0.05) is 0 Å². The maximum Gasteiger partial charge on any atom is 0.255 e. The van der Waals surface area contributed by atoms with E-state index in [4.69, 9.17) is 9.47 Å². The smallest absolute Gasteiger partial charge is 0.255 e. The number of para-hydroxylation sites is 1. The lowest BCUT2D eigenvalue weighted by molar-refractivity contribution is 0.0921. The van der Waals surface area contributed by atoms with Crippen LogP contribution in [0.3, 0.4) is 0 Å². The average molecular weight is 327 g/mol. The van der Waals surface area contributed by atoms with Gasteiger partial charge in [0.15, 0.2) is 0 Å². The summed E-state index contributed by atoms with van der Waals surface area (Å²) in [6.45, 7) is 8.22. The van der Waals surface area contributed by atoms with Gasteiger partial charge in [-0.15, -0.1) is 0 Å². The van der Waals surface area contributed by atoms with E-state index in [-0.39, 0.29) is 18.1 Å². The van der Waals surface area contributed by atoms with Gasteiger partial charge in [-0.1, -0.05) is 29.8 Å². The number of hydrogen-bond acceptors (Lipinski definition) is 3. The largest absolute Gasteiger partial charge is 0.491 e. The number of rotatable bonds is 7. The van der Waals surface area contributed by atoms with Crippen molar-refractivity contribution in [2.45, 2.75) is 39.8 Å². The summed E-state index contributed by atoms with van der Waals surface area (Å²) < 4.78 is 11.4. The van der Waals surface area contributed by atoms with Gasteiger partial charge in [-0.25, -0.2) is 0 Å². The minimum Gasteiger partial charge on any atom is -0.491 e. The Bertz CT molecular complexity index is 665. The van der Waals surface area contributed by atoms with Gasteiger partial charge in [0.25, 0.3) is 5.91 Å². The molecule has 0 saturated heterocycles. The van der Waals surface area contributed by atoms with Crippen molar-refractivity contribution in [1.29, 1.82) is 0 Å². The van der Waals surface area contributed by atoms with E-state index in [2.05, 4.69) is 5.32 Å². The second-order valence-electron chi connectivity index (χ2n) is 6.16. The summed E-state index contributed by atoms with van der Waals surface area (Å²) in [5, 5.41) is 2.95. The Kier molecular flexibility index (Phi) is 6.24. The van der Waals surface area contributed by atoms with E-state index in [9.17, 15) is 4.79 Å². The molecule has 1 N–H and O–H groups in total. The monoisotopic (exact) mass is 327 g/mol. The number of nitrogens with one attached hydrogen (secondary N) is 1. The fourth-order valence-corrected chi connectivity index (χ4v) is 2.21. The summed E-state index contributed by atoms with van der Waals surface area (Å²) in [6.07, 6.45) is 0.0150. The lowest BCUT2D eigenvalue weighted by atomic mass is 10.1. The molecule has 0 aliphatic carbocycles. The van der Waals surface area contributed by atoms with Crippen molar-refractivity contribution in [3.05, 3.63) is 59.7 Å². The van der Waals surface area contributed by atoms with Gasteiger partial charge in [-0.2, -0.15) is 0 Å². The van der Waals surface area contributed by atoms with Crippen LogP contribution < -0.4 is 14.8 Å². The van der Waals surface area contributed by atoms with E-state index >= 15 is 0 Å². The molecule has 2 aromatic carbocycles. The maximum absolute atomic E-state index is 12.5. The van der Waals surface area contributed by atoms with Crippen LogP contribution in [-0.4, -0.2) is 24.7 Å². The first-order valence-corrected chi connectivity index (χ1v) is 8.21. The summed E-state index contributed by atoms with van der Waals surface area (Å²) in [4.78, 5) is 12.5. The van der Waals surface area contributed by atoms with Crippen LogP contribution in [0.25, 0.3) is 0 Å². The Morgan fingerprint density at radius 3 is 2.38 bits per heavy atom. The van der Waals surface area contributed by atoms with Crippen molar-refractivity contribution in [3.8, 4) is 11.5 Å². The molecule has 0 heterocycles. The van der Waals surface area contributed by atoms with E-state index in [1.165, 1.54) is 5.56 Å². The Balaban J connectivity index is 1.93. The van der Waals surface area contributed by atoms with E-state index in [0.29, 0.717) is 17.9 Å². The minimum atomic E-state index is -0.161. The molecule has 0 aliphatic heterocycles. The Hall–Kier alpha value is -2.49. The van der Waals surface area contributed by atoms with Crippen molar-refractivity contribution in [2.24, 2.45) is 0 Å². The minimum absolute atomic E-state index is 0.0150. The highest BCUT2D eigenvalue weighted by Gasteiger charge is 2.15. The molecule has 0 unspecified atom stereocenters. The van der Waals surface area contributed by atoms with Gasteiger partial charge >= 0.3 is 0 Å². The predicted octanol–water partition coefficient (Wildman–Crippen LogP) is 3.98. The fourth-order valence-electron chi connectivity index (χ4n) is 2.21. The molecular formula is C20H25NO3. The van der Waals surface area contributed by atoms with Gasteiger partial charge in [0.05, 0.1) is 17.7 Å². The van der Waals surface area contributed by atoms with Gasteiger partial charge in [0.2, 0.25) is 0 Å². The Morgan fingerprint density at radius 1 is 1.04 bits per heavy atom. The molecule has 2 aromatic rings. The van der Waals surface area contributed by atoms with E-state index in [1.54, 1.807) is 6.07 Å². The number of carbonyl (C=O) groups is 1. The van der Waals surface area contributed by atoms with Crippen LogP contribution in [0, 0.1) is 6.92 Å². The second kappa shape index (κ2) is 8.39. The van der Waals surface area contributed by atoms with E-state index in [1.807, 2.05) is 70.2 Å². The quantitative estimate of drug-likeness (QED) is 0.837. The number of aryl methyl sites for hydroxylation is 1. The molecule has 24 heavy (non-hydrogen) atoms. The molecule has 0 saturated carbocycles. The Labute approximate surface area is 143 Å². The third kappa shape index (κ3) is 5.30. The summed E-state index contributed by atoms with van der Waals surface area (Å²) in [5.41, 5.74) is 1.72. The predicted molar refractivity (Wildman–Crippen MR) is 95.8 cm³/mol. The zero-order valence-corrected chi connectivity index (χ0v) is 14.7. The zero-order valence-electron chi connectivity index (χ0n) is 14.7. The first-order valence-electron chi connectivity index (χ1n) is 8.21. The van der Waals surface area contributed by atoms with Gasteiger partial charge in [-0.3, -0.25) is 4.79 Å². The molecule has 0 bridgehead atoms. The second-order valence-corrected chi connectivity index (χ2v) is 6.16. The third-order valence-electron chi connectivity index (χ3n) is 3.39. The van der Waals surface area contributed by atoms with Gasteiger partial charge in [0.1, 0.15) is 18.1 Å². The highest BCUT2D eigenvalue weighted by Crippen LogP contribution is 2.19. The SMILES string of the molecule is Cc1ccc(OC[C@@H](C)NC(=O)c2ccccc2OC(C)C)cc1. The number of ether oxygens (including phenoxy) is 2. The lowest BCUT2D eigenvalue weighted by Gasteiger charge is -2.17. The Morgan fingerprint density at radius 2 is 1.71 bits per heavy atom. The van der Waals surface area contributed by atoms with Crippen LogP contribution in [0.4, 0.5) is 0 Å². The lowest BCUT2D eigenvalue weighted by Crippen LogP contribution is -2.37. The van der Waals surface area contributed by atoms with E-state index < -0.39 is 0 Å². The normalized spacial score (nSPS) is 11.9. The number of benzene rings is 2. The molecular weight excluding hydrogens is 302 g/mol. The van der Waals surface area contributed by atoms with Gasteiger partial charge in [-0.05, 0) is 52.0 Å². The summed E-state index contributed by atoms with van der Waals surface area (Å²) >= 11 is 0. The number of carbonyl (C=O) groups excluding carboxylic acids is 1. The molecule has 1 atom stereocenters. The van der Waals surface area contributed by atoms with Crippen molar-refractivity contribution < 1.29 is 14.3 Å². The van der Waals surface area contributed by atoms with Crippen molar-refractivity contribution in [3.63, 3.8) is 0 Å². The van der Waals surface area contributed by atoms with Crippen LogP contribution in [0.2, 0.25) is 0 Å². The van der Waals surface area contributed by atoms with Crippen LogP contribution in [-0.2, 0) is 0 Å². The maximum atomic E-state index is 12.5. The number of hydrogen-bond donors (Lipinski definition) is 1. The fraction of sp³-hybridized carbons (Fsp3) is 0.350. The molecule has 4 heteroatoms. The van der Waals surface area contributed by atoms with Crippen molar-refractivity contribution in [1.82, 2.24) is 5.32 Å². The average Bonchev–Trinajstić information content (AvgIpc) is 2.54. The number of amides is 1. The zero-order chi connectivity index (χ0) is 17.5. The molecule has 1 amide bonds. The molecule has 0 fully saturated rings.